The van der Waals surface area contributed by atoms with Gasteiger partial charge in [-0.05, 0) is 35.8 Å². The van der Waals surface area contributed by atoms with Gasteiger partial charge in [-0.2, -0.15) is 5.10 Å². The zero-order valence-corrected chi connectivity index (χ0v) is 13.8. The topological polar surface area (TPSA) is 71.8 Å². The van der Waals surface area contributed by atoms with Gasteiger partial charge in [0, 0.05) is 26.3 Å². The Morgan fingerprint density at radius 1 is 1.57 bits per heavy atom. The van der Waals surface area contributed by atoms with Crippen LogP contribution >= 0.6 is 15.9 Å². The molecule has 114 valence electrons. The Labute approximate surface area is 131 Å². The number of nitrogens with one attached hydrogen (secondary N) is 1. The van der Waals surface area contributed by atoms with Crippen molar-refractivity contribution >= 4 is 33.5 Å². The first-order valence-electron chi connectivity index (χ1n) is 6.63. The van der Waals surface area contributed by atoms with Crippen molar-refractivity contribution in [3.05, 3.63) is 22.9 Å². The summed E-state index contributed by atoms with van der Waals surface area (Å²) in [7, 11) is 1.70. The van der Waals surface area contributed by atoms with Crippen LogP contribution in [-0.4, -0.2) is 51.8 Å². The lowest BCUT2D eigenvalue weighted by molar-refractivity contribution is 0.0851. The van der Waals surface area contributed by atoms with Crippen molar-refractivity contribution in [1.29, 1.82) is 0 Å². The molecule has 0 bridgehead atoms. The van der Waals surface area contributed by atoms with Gasteiger partial charge >= 0.3 is 6.09 Å². The molecular weight excluding hydrogens is 338 g/mol. The molecule has 2 aromatic heterocycles. The Kier molecular flexibility index (Phi) is 5.00. The van der Waals surface area contributed by atoms with E-state index >= 15 is 0 Å². The summed E-state index contributed by atoms with van der Waals surface area (Å²) in [6, 6.07) is 1.83. The second kappa shape index (κ2) is 6.75. The third-order valence-electron chi connectivity index (χ3n) is 2.73. The maximum Gasteiger partial charge on any atom is 0.409 e. The number of aromatic nitrogens is 3. The average Bonchev–Trinajstić information content (AvgIpc) is 2.79. The minimum absolute atomic E-state index is 0.115. The van der Waals surface area contributed by atoms with Gasteiger partial charge < -0.3 is 15.0 Å². The van der Waals surface area contributed by atoms with Crippen LogP contribution in [0.1, 0.15) is 13.8 Å². The van der Waals surface area contributed by atoms with E-state index < -0.39 is 0 Å². The second-order valence-corrected chi connectivity index (χ2v) is 5.71. The van der Waals surface area contributed by atoms with Gasteiger partial charge in [0.25, 0.3) is 0 Å². The molecule has 2 heterocycles. The largest absolute Gasteiger partial charge is 0.447 e. The van der Waals surface area contributed by atoms with Crippen LogP contribution in [0, 0.1) is 0 Å². The van der Waals surface area contributed by atoms with Gasteiger partial charge in [-0.1, -0.05) is 0 Å². The molecule has 0 aromatic carbocycles. The van der Waals surface area contributed by atoms with Crippen LogP contribution in [0.15, 0.2) is 22.9 Å². The van der Waals surface area contributed by atoms with Crippen LogP contribution in [0.4, 0.5) is 10.6 Å². The van der Waals surface area contributed by atoms with Crippen molar-refractivity contribution in [3.63, 3.8) is 0 Å². The van der Waals surface area contributed by atoms with Crippen LogP contribution in [0.5, 0.6) is 0 Å². The Morgan fingerprint density at radius 2 is 2.33 bits per heavy atom. The normalized spacial score (nSPS) is 10.9. The number of rotatable bonds is 5. The molecule has 1 N–H and O–H groups in total. The number of hydrogen-bond acceptors (Lipinski definition) is 5. The van der Waals surface area contributed by atoms with Gasteiger partial charge in [0.2, 0.25) is 0 Å². The number of fused-ring (bicyclic) bond motifs is 1. The fourth-order valence-electron chi connectivity index (χ4n) is 1.67. The number of nitrogens with zero attached hydrogens (tertiary/aromatic N) is 4. The van der Waals surface area contributed by atoms with Crippen LogP contribution in [0.3, 0.4) is 0 Å². The molecule has 0 fully saturated rings. The lowest BCUT2D eigenvalue weighted by Crippen LogP contribution is -2.33. The first kappa shape index (κ1) is 15.6. The highest BCUT2D eigenvalue weighted by atomic mass is 79.9. The number of carbonyl (C=O) groups is 1. The van der Waals surface area contributed by atoms with Crippen molar-refractivity contribution in [2.45, 2.75) is 20.0 Å². The van der Waals surface area contributed by atoms with Crippen LogP contribution in [-0.2, 0) is 4.74 Å². The zero-order valence-electron chi connectivity index (χ0n) is 12.2. The highest BCUT2D eigenvalue weighted by Crippen LogP contribution is 2.16. The van der Waals surface area contributed by atoms with E-state index in [1.165, 1.54) is 4.90 Å². The Hall–Kier alpha value is -1.83. The van der Waals surface area contributed by atoms with Crippen LogP contribution in [0.25, 0.3) is 5.65 Å². The molecule has 2 rings (SSSR count). The Balaban J connectivity index is 1.87. The molecule has 7 nitrogen and oxygen atoms in total. The molecule has 2 aromatic rings. The summed E-state index contributed by atoms with van der Waals surface area (Å²) in [4.78, 5) is 17.6. The maximum atomic E-state index is 11.6. The second-order valence-electron chi connectivity index (χ2n) is 4.85. The van der Waals surface area contributed by atoms with Crippen LogP contribution in [0.2, 0.25) is 0 Å². The van der Waals surface area contributed by atoms with E-state index in [9.17, 15) is 4.79 Å². The number of likely N-dealkylation sites (N-methyl/N-ethyl adjacent to an activating group) is 1. The van der Waals surface area contributed by atoms with Crippen molar-refractivity contribution in [1.82, 2.24) is 19.5 Å². The molecule has 0 saturated heterocycles. The molecule has 0 atom stereocenters. The minimum Gasteiger partial charge on any atom is -0.447 e. The molecule has 0 radical (unpaired) electrons. The van der Waals surface area contributed by atoms with E-state index in [4.69, 9.17) is 4.74 Å². The van der Waals surface area contributed by atoms with Crippen LogP contribution < -0.4 is 5.32 Å². The molecule has 0 aliphatic carbocycles. The number of carbonyl (C=O) groups excluding carboxylic acids is 1. The average molecular weight is 356 g/mol. The molecule has 0 aliphatic rings. The fraction of sp³-hybridized carbons (Fsp3) is 0.462. The van der Waals surface area contributed by atoms with Gasteiger partial charge in [0.05, 0.1) is 16.8 Å². The number of ether oxygens (including phenoxy) is 1. The van der Waals surface area contributed by atoms with Gasteiger partial charge in [-0.3, -0.25) is 0 Å². The first-order chi connectivity index (χ1) is 9.97. The zero-order chi connectivity index (χ0) is 15.4. The smallest absolute Gasteiger partial charge is 0.409 e. The first-order valence-corrected chi connectivity index (χ1v) is 7.42. The molecule has 1 amide bonds. The summed E-state index contributed by atoms with van der Waals surface area (Å²) < 4.78 is 7.62. The molecule has 0 aliphatic heterocycles. The van der Waals surface area contributed by atoms with E-state index in [1.807, 2.05) is 26.1 Å². The molecule has 0 unspecified atom stereocenters. The fourth-order valence-corrected chi connectivity index (χ4v) is 2.04. The molecule has 0 spiro atoms. The maximum absolute atomic E-state index is 11.6. The Morgan fingerprint density at radius 3 is 3.05 bits per heavy atom. The minimum atomic E-state index is -0.325. The van der Waals surface area contributed by atoms with Gasteiger partial charge in [0.1, 0.15) is 5.82 Å². The number of amides is 1. The molecular formula is C13H18BrN5O2. The molecule has 0 saturated carbocycles. The van der Waals surface area contributed by atoms with Crippen molar-refractivity contribution in [3.8, 4) is 0 Å². The molecule has 8 heteroatoms. The summed E-state index contributed by atoms with van der Waals surface area (Å²) in [5.74, 6) is 0.731. The third kappa shape index (κ3) is 4.07. The van der Waals surface area contributed by atoms with Crippen molar-refractivity contribution < 1.29 is 9.53 Å². The number of anilines is 1. The van der Waals surface area contributed by atoms with Gasteiger partial charge in [0.15, 0.2) is 5.65 Å². The predicted molar refractivity (Wildman–Crippen MR) is 83.4 cm³/mol. The molecule has 21 heavy (non-hydrogen) atoms. The van der Waals surface area contributed by atoms with E-state index in [2.05, 4.69) is 31.3 Å². The van der Waals surface area contributed by atoms with Crippen molar-refractivity contribution in [2.24, 2.45) is 0 Å². The number of hydrogen-bond donors (Lipinski definition) is 1. The highest BCUT2D eigenvalue weighted by molar-refractivity contribution is 9.10. The Bertz CT molecular complexity index is 628. The van der Waals surface area contributed by atoms with Crippen molar-refractivity contribution in [2.75, 3.05) is 25.5 Å². The summed E-state index contributed by atoms with van der Waals surface area (Å²) in [5.41, 5.74) is 0.743. The van der Waals surface area contributed by atoms with Gasteiger partial charge in [-0.15, -0.1) is 0 Å². The third-order valence-corrected chi connectivity index (χ3v) is 3.29. The summed E-state index contributed by atoms with van der Waals surface area (Å²) >= 11 is 3.39. The lowest BCUT2D eigenvalue weighted by Gasteiger charge is -2.18. The summed E-state index contributed by atoms with van der Waals surface area (Å²) in [5, 5.41) is 7.30. The van der Waals surface area contributed by atoms with E-state index in [-0.39, 0.29) is 12.2 Å². The van der Waals surface area contributed by atoms with E-state index in [0.717, 1.165) is 15.9 Å². The van der Waals surface area contributed by atoms with E-state index in [1.54, 1.807) is 17.8 Å². The summed E-state index contributed by atoms with van der Waals surface area (Å²) in [6.45, 7) is 4.76. The highest BCUT2D eigenvalue weighted by Gasteiger charge is 2.11. The van der Waals surface area contributed by atoms with E-state index in [0.29, 0.717) is 13.1 Å². The predicted octanol–water partition coefficient (Wildman–Crippen LogP) is 2.38. The van der Waals surface area contributed by atoms with Gasteiger partial charge in [-0.25, -0.2) is 14.3 Å². The summed E-state index contributed by atoms with van der Waals surface area (Å²) in [6.07, 6.45) is 3.08. The monoisotopic (exact) mass is 355 g/mol. The lowest BCUT2D eigenvalue weighted by atomic mass is 10.5. The number of halogens is 1. The standard InChI is InChI=1S/C13H18BrN5O2/c1-9(2)21-13(20)18(3)7-5-15-11-4-6-19-12(17-11)10(14)8-16-19/h4,6,8-9H,5,7H2,1-3H3,(H,15,17). The quantitative estimate of drug-likeness (QED) is 0.891. The SMILES string of the molecule is CC(C)OC(=O)N(C)CCNc1ccn2ncc(Br)c2n1.